The van der Waals surface area contributed by atoms with Gasteiger partial charge in [0.05, 0.1) is 17.4 Å². The lowest BCUT2D eigenvalue weighted by Crippen LogP contribution is -2.52. The highest BCUT2D eigenvalue weighted by atomic mass is 32.2. The Morgan fingerprint density at radius 1 is 1.00 bits per heavy atom. The normalized spacial score (nSPS) is 20.9. The highest BCUT2D eigenvalue weighted by Gasteiger charge is 2.36. The number of hydrogen-bond donors (Lipinski definition) is 0. The zero-order valence-electron chi connectivity index (χ0n) is 20.6. The van der Waals surface area contributed by atoms with Gasteiger partial charge in [-0.25, -0.2) is 8.42 Å². The van der Waals surface area contributed by atoms with Crippen LogP contribution in [0.15, 0.2) is 47.4 Å². The van der Waals surface area contributed by atoms with Crippen molar-refractivity contribution in [1.82, 2.24) is 14.1 Å². The first-order chi connectivity index (χ1) is 17.4. The van der Waals surface area contributed by atoms with E-state index in [1.165, 1.54) is 4.31 Å². The summed E-state index contributed by atoms with van der Waals surface area (Å²) in [5.74, 6) is 1.95. The number of rotatable bonds is 7. The van der Waals surface area contributed by atoms with Crippen LogP contribution in [-0.2, 0) is 21.4 Å². The quantitative estimate of drug-likeness (QED) is 0.560. The molecule has 2 fully saturated rings. The van der Waals surface area contributed by atoms with Crippen molar-refractivity contribution < 1.29 is 27.4 Å². The van der Waals surface area contributed by atoms with E-state index < -0.39 is 10.0 Å². The molecular weight excluding hydrogens is 482 g/mol. The van der Waals surface area contributed by atoms with E-state index in [0.29, 0.717) is 44.8 Å². The average molecular weight is 516 g/mol. The molecule has 0 bridgehead atoms. The summed E-state index contributed by atoms with van der Waals surface area (Å²) in [5, 5.41) is 0. The summed E-state index contributed by atoms with van der Waals surface area (Å²) in [4.78, 5) is 17.8. The summed E-state index contributed by atoms with van der Waals surface area (Å²) in [7, 11) is -3.66. The van der Waals surface area contributed by atoms with Crippen LogP contribution < -0.4 is 14.2 Å². The average Bonchev–Trinajstić information content (AvgIpc) is 3.37. The number of piperidine rings is 1. The number of sulfonamides is 1. The molecule has 3 aliphatic heterocycles. The van der Waals surface area contributed by atoms with Crippen LogP contribution in [0.1, 0.15) is 25.3 Å². The van der Waals surface area contributed by atoms with Crippen LogP contribution in [0.3, 0.4) is 0 Å². The molecule has 9 nitrogen and oxygen atoms in total. The molecule has 0 unspecified atom stereocenters. The molecule has 0 aliphatic carbocycles. The predicted molar refractivity (Wildman–Crippen MR) is 134 cm³/mol. The van der Waals surface area contributed by atoms with Crippen LogP contribution in [0.2, 0.25) is 0 Å². The minimum absolute atomic E-state index is 0.0596. The fraction of sp³-hybridized carbons (Fsp3) is 0.500. The van der Waals surface area contributed by atoms with Crippen molar-refractivity contribution in [1.29, 1.82) is 0 Å². The van der Waals surface area contributed by atoms with Crippen LogP contribution in [0.25, 0.3) is 0 Å². The number of ether oxygens (including phenoxy) is 3. The van der Waals surface area contributed by atoms with Crippen LogP contribution in [0, 0.1) is 5.92 Å². The summed E-state index contributed by atoms with van der Waals surface area (Å²) < 4.78 is 44.2. The molecule has 0 N–H and O–H groups in total. The number of piperazine rings is 1. The Morgan fingerprint density at radius 3 is 2.50 bits per heavy atom. The second-order valence-electron chi connectivity index (χ2n) is 9.40. The lowest BCUT2D eigenvalue weighted by molar-refractivity contribution is -0.138. The molecule has 10 heteroatoms. The predicted octanol–water partition coefficient (Wildman–Crippen LogP) is 2.56. The molecule has 3 heterocycles. The fourth-order valence-corrected chi connectivity index (χ4v) is 6.59. The summed E-state index contributed by atoms with van der Waals surface area (Å²) >= 11 is 0. The molecule has 5 rings (SSSR count). The van der Waals surface area contributed by atoms with Crippen molar-refractivity contribution in [3.63, 3.8) is 0 Å². The smallest absolute Gasteiger partial charge is 0.243 e. The lowest BCUT2D eigenvalue weighted by atomic mass is 9.97. The van der Waals surface area contributed by atoms with Gasteiger partial charge in [0.1, 0.15) is 5.75 Å². The Hall–Kier alpha value is -2.82. The van der Waals surface area contributed by atoms with Gasteiger partial charge in [-0.15, -0.1) is 0 Å². The molecule has 0 spiro atoms. The van der Waals surface area contributed by atoms with Gasteiger partial charge in [-0.05, 0) is 61.7 Å². The van der Waals surface area contributed by atoms with Gasteiger partial charge in [0.2, 0.25) is 22.7 Å². The lowest BCUT2D eigenvalue weighted by Gasteiger charge is -2.38. The molecule has 3 aliphatic rings. The molecule has 0 saturated carbocycles. The Labute approximate surface area is 212 Å². The minimum atomic E-state index is -3.66. The molecular formula is C26H33N3O6S. The molecule has 2 aromatic rings. The zero-order valence-corrected chi connectivity index (χ0v) is 21.4. The standard InChI is InChI=1S/C26H33N3O6S/c1-2-33-22-6-8-23(9-7-22)36(31,32)29-11-3-4-21(18-29)26(30)28-14-12-27(13-15-28)17-20-5-10-24-25(16-20)35-19-34-24/h5-10,16,21H,2-4,11-15,17-19H2,1H3/t21-/m0/s1. The van der Waals surface area contributed by atoms with E-state index in [1.807, 2.05) is 30.0 Å². The van der Waals surface area contributed by atoms with Gasteiger partial charge in [0.15, 0.2) is 11.5 Å². The maximum absolute atomic E-state index is 13.3. The molecule has 0 radical (unpaired) electrons. The Balaban J connectivity index is 1.15. The van der Waals surface area contributed by atoms with Crippen LogP contribution in [0.5, 0.6) is 17.2 Å². The third kappa shape index (κ3) is 5.30. The zero-order chi connectivity index (χ0) is 25.1. The van der Waals surface area contributed by atoms with Crippen LogP contribution in [0.4, 0.5) is 0 Å². The molecule has 0 aromatic heterocycles. The summed E-state index contributed by atoms with van der Waals surface area (Å²) in [6.45, 7) is 6.97. The Morgan fingerprint density at radius 2 is 1.75 bits per heavy atom. The van der Waals surface area contributed by atoms with Gasteiger partial charge in [-0.2, -0.15) is 4.31 Å². The van der Waals surface area contributed by atoms with Gasteiger partial charge >= 0.3 is 0 Å². The number of benzene rings is 2. The first-order valence-electron chi connectivity index (χ1n) is 12.6. The van der Waals surface area contributed by atoms with Crippen molar-refractivity contribution in [3.05, 3.63) is 48.0 Å². The number of fused-ring (bicyclic) bond motifs is 1. The van der Waals surface area contributed by atoms with Gasteiger partial charge in [0.25, 0.3) is 0 Å². The Bertz CT molecular complexity index is 1180. The second kappa shape index (κ2) is 10.7. The van der Waals surface area contributed by atoms with Crippen molar-refractivity contribution >= 4 is 15.9 Å². The second-order valence-corrected chi connectivity index (χ2v) is 11.3. The molecule has 1 atom stereocenters. The van der Waals surface area contributed by atoms with Crippen molar-refractivity contribution in [2.24, 2.45) is 5.92 Å². The van der Waals surface area contributed by atoms with E-state index in [9.17, 15) is 13.2 Å². The van der Waals surface area contributed by atoms with E-state index >= 15 is 0 Å². The molecule has 2 saturated heterocycles. The highest BCUT2D eigenvalue weighted by molar-refractivity contribution is 7.89. The third-order valence-electron chi connectivity index (χ3n) is 7.03. The van der Waals surface area contributed by atoms with E-state index in [1.54, 1.807) is 24.3 Å². The number of carbonyl (C=O) groups excluding carboxylic acids is 1. The van der Waals surface area contributed by atoms with E-state index in [-0.39, 0.29) is 30.1 Å². The Kier molecular flexibility index (Phi) is 7.36. The largest absolute Gasteiger partial charge is 0.494 e. The summed E-state index contributed by atoms with van der Waals surface area (Å²) in [5.41, 5.74) is 1.15. The van der Waals surface area contributed by atoms with Crippen LogP contribution in [-0.4, -0.2) is 81.1 Å². The highest BCUT2D eigenvalue weighted by Crippen LogP contribution is 2.33. The first kappa shape index (κ1) is 24.9. The van der Waals surface area contributed by atoms with Crippen LogP contribution >= 0.6 is 0 Å². The number of carbonyl (C=O) groups is 1. The van der Waals surface area contributed by atoms with Gasteiger partial charge in [-0.1, -0.05) is 6.07 Å². The molecule has 194 valence electrons. The molecule has 2 aromatic carbocycles. The minimum Gasteiger partial charge on any atom is -0.494 e. The van der Waals surface area contributed by atoms with Gasteiger partial charge in [0, 0.05) is 45.8 Å². The number of amides is 1. The third-order valence-corrected chi connectivity index (χ3v) is 8.91. The summed E-state index contributed by atoms with van der Waals surface area (Å²) in [6, 6.07) is 12.5. The number of nitrogens with zero attached hydrogens (tertiary/aromatic N) is 3. The topological polar surface area (TPSA) is 88.6 Å². The SMILES string of the molecule is CCOc1ccc(S(=O)(=O)N2CCC[C@H](C(=O)N3CCN(Cc4ccc5c(c4)OCO5)CC3)C2)cc1. The number of hydrogen-bond acceptors (Lipinski definition) is 7. The fourth-order valence-electron chi connectivity index (χ4n) is 5.07. The van der Waals surface area contributed by atoms with E-state index in [0.717, 1.165) is 36.7 Å². The van der Waals surface area contributed by atoms with Crippen molar-refractivity contribution in [2.45, 2.75) is 31.2 Å². The molecule has 36 heavy (non-hydrogen) atoms. The maximum Gasteiger partial charge on any atom is 0.243 e. The summed E-state index contributed by atoms with van der Waals surface area (Å²) in [6.07, 6.45) is 1.39. The van der Waals surface area contributed by atoms with Gasteiger partial charge in [-0.3, -0.25) is 9.69 Å². The van der Waals surface area contributed by atoms with E-state index in [2.05, 4.69) is 4.90 Å². The van der Waals surface area contributed by atoms with Gasteiger partial charge < -0.3 is 19.1 Å². The monoisotopic (exact) mass is 515 g/mol. The van der Waals surface area contributed by atoms with Crippen molar-refractivity contribution in [2.75, 3.05) is 52.7 Å². The van der Waals surface area contributed by atoms with E-state index in [4.69, 9.17) is 14.2 Å². The molecule has 1 amide bonds. The van der Waals surface area contributed by atoms with Crippen molar-refractivity contribution in [3.8, 4) is 17.2 Å². The first-order valence-corrected chi connectivity index (χ1v) is 14.0. The maximum atomic E-state index is 13.3.